The quantitative estimate of drug-likeness (QED) is 0.462. The van der Waals surface area contributed by atoms with Crippen LogP contribution >= 0.6 is 0 Å². The van der Waals surface area contributed by atoms with E-state index in [-0.39, 0.29) is 13.2 Å². The zero-order valence-corrected chi connectivity index (χ0v) is 17.5. The Bertz CT molecular complexity index is 1030. The minimum atomic E-state index is -4.39. The lowest BCUT2D eigenvalue weighted by atomic mass is 9.92. The number of ether oxygens (including phenoxy) is 1. The smallest absolute Gasteiger partial charge is 0.367 e. The number of hydrogen-bond acceptors (Lipinski definition) is 4. The van der Waals surface area contributed by atoms with Crippen molar-refractivity contribution in [1.82, 2.24) is 15.5 Å². The molecule has 1 atom stereocenters. The molecule has 4 amide bonds. The Hall–Kier alpha value is -3.47. The molecule has 1 fully saturated rings. The second-order valence-electron chi connectivity index (χ2n) is 7.65. The Balaban J connectivity index is 1.52. The van der Waals surface area contributed by atoms with E-state index in [1.54, 1.807) is 24.3 Å². The number of carbonyl (C=O) groups excluding carboxylic acids is 3. The van der Waals surface area contributed by atoms with Crippen LogP contribution in [0.5, 0.6) is 0 Å². The summed E-state index contributed by atoms with van der Waals surface area (Å²) in [6, 6.07) is 10.7. The number of nitrogens with zero attached hydrogens (tertiary/aromatic N) is 1. The molecule has 1 aliphatic rings. The maximum absolute atomic E-state index is 13.2. The molecule has 1 heterocycles. The molecule has 2 N–H and O–H groups in total. The topological polar surface area (TPSA) is 87.7 Å². The number of halogens is 4. The summed E-state index contributed by atoms with van der Waals surface area (Å²) in [5.41, 5.74) is 0.157. The van der Waals surface area contributed by atoms with Crippen molar-refractivity contribution in [2.75, 3.05) is 13.2 Å². The number of hydrogen-bond donors (Lipinski definition) is 2. The van der Waals surface area contributed by atoms with Crippen molar-refractivity contribution in [3.8, 4) is 0 Å². The summed E-state index contributed by atoms with van der Waals surface area (Å²) >= 11 is 0. The molecule has 1 aliphatic heterocycles. The summed E-state index contributed by atoms with van der Waals surface area (Å²) in [6.07, 6.45) is -4.39. The highest BCUT2D eigenvalue weighted by molar-refractivity contribution is 6.09. The van der Waals surface area contributed by atoms with Crippen molar-refractivity contribution >= 4 is 17.8 Å². The first kappa shape index (κ1) is 24.2. The van der Waals surface area contributed by atoms with Crippen molar-refractivity contribution < 1.29 is 36.7 Å². The van der Waals surface area contributed by atoms with E-state index in [2.05, 4.69) is 15.4 Å². The van der Waals surface area contributed by atoms with Gasteiger partial charge in [0.1, 0.15) is 24.5 Å². The monoisotopic (exact) mass is 467 g/mol. The molecular formula is C22H21F4N3O4. The highest BCUT2D eigenvalue weighted by atomic mass is 19.4. The maximum atomic E-state index is 13.2. The summed E-state index contributed by atoms with van der Waals surface area (Å²) in [4.78, 5) is 38.2. The highest BCUT2D eigenvalue weighted by Gasteiger charge is 2.49. The molecule has 0 spiro atoms. The molecule has 0 aliphatic carbocycles. The first-order valence-electron chi connectivity index (χ1n) is 9.87. The standard InChI is InChI=1S/C22H21F4N3O4/c1-21(16-6-8-17(23)9-7-16)19(31)29(20(32)28-21)11-18(30)27-10-14-2-4-15(5-3-14)12-33-13-22(24,25)26/h2-9H,10-13H2,1H3,(H,27,30)(H,28,32). The number of carbonyl (C=O) groups is 3. The van der Waals surface area contributed by atoms with Gasteiger partial charge in [0.05, 0.1) is 6.61 Å². The molecule has 176 valence electrons. The Kier molecular flexibility index (Phi) is 7.01. The van der Waals surface area contributed by atoms with Crippen LogP contribution in [0.25, 0.3) is 0 Å². The Morgan fingerprint density at radius 1 is 1.06 bits per heavy atom. The van der Waals surface area contributed by atoms with Gasteiger partial charge in [-0.3, -0.25) is 14.5 Å². The number of nitrogens with one attached hydrogen (secondary N) is 2. The van der Waals surface area contributed by atoms with E-state index >= 15 is 0 Å². The van der Waals surface area contributed by atoms with Crippen molar-refractivity contribution in [2.45, 2.75) is 31.8 Å². The summed E-state index contributed by atoms with van der Waals surface area (Å²) < 4.78 is 54.1. The van der Waals surface area contributed by atoms with Crippen LogP contribution in [0.15, 0.2) is 48.5 Å². The van der Waals surface area contributed by atoms with E-state index in [4.69, 9.17) is 0 Å². The number of urea groups is 1. The summed E-state index contributed by atoms with van der Waals surface area (Å²) in [7, 11) is 0. The van der Waals surface area contributed by atoms with Crippen LogP contribution in [-0.4, -0.2) is 42.1 Å². The first-order valence-corrected chi connectivity index (χ1v) is 9.87. The van der Waals surface area contributed by atoms with Gasteiger partial charge in [-0.15, -0.1) is 0 Å². The largest absolute Gasteiger partial charge is 0.411 e. The molecule has 0 radical (unpaired) electrons. The lowest BCUT2D eigenvalue weighted by Gasteiger charge is -2.22. The molecule has 2 aromatic carbocycles. The fourth-order valence-corrected chi connectivity index (χ4v) is 3.26. The molecule has 2 aromatic rings. The molecule has 1 saturated heterocycles. The number of rotatable bonds is 8. The summed E-state index contributed by atoms with van der Waals surface area (Å²) in [6.45, 7) is -0.496. The average molecular weight is 467 g/mol. The van der Waals surface area contributed by atoms with Gasteiger partial charge >= 0.3 is 12.2 Å². The van der Waals surface area contributed by atoms with Gasteiger partial charge in [0.2, 0.25) is 5.91 Å². The maximum Gasteiger partial charge on any atom is 0.411 e. The number of imide groups is 1. The average Bonchev–Trinajstić information content (AvgIpc) is 2.96. The zero-order valence-electron chi connectivity index (χ0n) is 17.5. The van der Waals surface area contributed by atoms with Gasteiger partial charge < -0.3 is 15.4 Å². The van der Waals surface area contributed by atoms with E-state index in [1.165, 1.54) is 31.2 Å². The van der Waals surface area contributed by atoms with Gasteiger partial charge in [0.25, 0.3) is 5.91 Å². The Labute approximate surface area is 186 Å². The third kappa shape index (κ3) is 6.07. The third-order valence-electron chi connectivity index (χ3n) is 5.05. The van der Waals surface area contributed by atoms with Crippen LogP contribution < -0.4 is 10.6 Å². The van der Waals surface area contributed by atoms with Gasteiger partial charge in [-0.2, -0.15) is 13.2 Å². The molecule has 3 rings (SSSR count). The van der Waals surface area contributed by atoms with Crippen LogP contribution in [0, 0.1) is 5.82 Å². The first-order chi connectivity index (χ1) is 15.5. The molecule has 33 heavy (non-hydrogen) atoms. The number of alkyl halides is 3. The van der Waals surface area contributed by atoms with Crippen LogP contribution in [0.1, 0.15) is 23.6 Å². The Morgan fingerprint density at radius 3 is 2.27 bits per heavy atom. The van der Waals surface area contributed by atoms with Gasteiger partial charge in [-0.05, 0) is 35.7 Å². The minimum Gasteiger partial charge on any atom is -0.367 e. The van der Waals surface area contributed by atoms with Gasteiger partial charge in [-0.25, -0.2) is 9.18 Å². The fourth-order valence-electron chi connectivity index (χ4n) is 3.26. The van der Waals surface area contributed by atoms with Crippen molar-refractivity contribution in [3.63, 3.8) is 0 Å². The van der Waals surface area contributed by atoms with Crippen LogP contribution in [-0.2, 0) is 33.0 Å². The molecule has 7 nitrogen and oxygen atoms in total. The van der Waals surface area contributed by atoms with Crippen molar-refractivity contribution in [1.29, 1.82) is 0 Å². The molecule has 11 heteroatoms. The SMILES string of the molecule is CC1(c2ccc(F)cc2)NC(=O)N(CC(=O)NCc2ccc(COCC(F)(F)F)cc2)C1=O. The van der Waals surface area contributed by atoms with Crippen molar-refractivity contribution in [2.24, 2.45) is 0 Å². The van der Waals surface area contributed by atoms with E-state index in [0.29, 0.717) is 16.7 Å². The predicted octanol–water partition coefficient (Wildman–Crippen LogP) is 2.99. The molecule has 0 bridgehead atoms. The summed E-state index contributed by atoms with van der Waals surface area (Å²) in [5, 5.41) is 5.11. The van der Waals surface area contributed by atoms with E-state index in [9.17, 15) is 31.9 Å². The zero-order chi connectivity index (χ0) is 24.2. The molecular weight excluding hydrogens is 446 g/mol. The van der Waals surface area contributed by atoms with Crippen LogP contribution in [0.2, 0.25) is 0 Å². The summed E-state index contributed by atoms with van der Waals surface area (Å²) in [5.74, 6) is -1.71. The lowest BCUT2D eigenvalue weighted by Crippen LogP contribution is -2.43. The van der Waals surface area contributed by atoms with E-state index in [0.717, 1.165) is 4.90 Å². The Morgan fingerprint density at radius 2 is 1.67 bits per heavy atom. The normalized spacial score (nSPS) is 18.4. The number of amides is 4. The van der Waals surface area contributed by atoms with Crippen molar-refractivity contribution in [3.05, 3.63) is 71.0 Å². The minimum absolute atomic E-state index is 0.0847. The number of benzene rings is 2. The van der Waals surface area contributed by atoms with E-state index in [1.807, 2.05) is 0 Å². The van der Waals surface area contributed by atoms with Gasteiger partial charge in [-0.1, -0.05) is 36.4 Å². The van der Waals surface area contributed by atoms with E-state index < -0.39 is 48.5 Å². The molecule has 1 unspecified atom stereocenters. The van der Waals surface area contributed by atoms with Crippen LogP contribution in [0.3, 0.4) is 0 Å². The highest BCUT2D eigenvalue weighted by Crippen LogP contribution is 2.28. The van der Waals surface area contributed by atoms with Gasteiger partial charge in [0, 0.05) is 6.54 Å². The lowest BCUT2D eigenvalue weighted by molar-refractivity contribution is -0.176. The van der Waals surface area contributed by atoms with Gasteiger partial charge in [0.15, 0.2) is 0 Å². The predicted molar refractivity (Wildman–Crippen MR) is 108 cm³/mol. The molecule has 0 aromatic heterocycles. The van der Waals surface area contributed by atoms with Crippen LogP contribution in [0.4, 0.5) is 22.4 Å². The molecule has 0 saturated carbocycles. The second-order valence-corrected chi connectivity index (χ2v) is 7.65. The fraction of sp³-hybridized carbons (Fsp3) is 0.318. The third-order valence-corrected chi connectivity index (χ3v) is 5.05. The second kappa shape index (κ2) is 9.57.